The van der Waals surface area contributed by atoms with Gasteiger partial charge in [-0.05, 0) is 86.0 Å². The van der Waals surface area contributed by atoms with Crippen LogP contribution < -0.4 is 10.1 Å². The number of halogens is 2. The van der Waals surface area contributed by atoms with Crippen LogP contribution in [0.3, 0.4) is 0 Å². The number of nitrogens with zero attached hydrogens (tertiary/aromatic N) is 3. The van der Waals surface area contributed by atoms with Gasteiger partial charge in [-0.25, -0.2) is 4.98 Å². The maximum absolute atomic E-state index is 14.5. The van der Waals surface area contributed by atoms with Crippen molar-refractivity contribution in [3.05, 3.63) is 136 Å². The van der Waals surface area contributed by atoms with Gasteiger partial charge in [-0.1, -0.05) is 78.3 Å². The molecule has 1 saturated heterocycles. The number of amides is 2. The lowest BCUT2D eigenvalue weighted by Crippen LogP contribution is -2.37. The van der Waals surface area contributed by atoms with Gasteiger partial charge in [0.15, 0.2) is 0 Å². The van der Waals surface area contributed by atoms with Gasteiger partial charge in [0, 0.05) is 46.2 Å². The van der Waals surface area contributed by atoms with Crippen LogP contribution in [-0.2, 0) is 4.79 Å². The molecular formula is C40H39Cl2N5O3. The molecule has 50 heavy (non-hydrogen) atoms. The molecule has 5 aromatic rings. The first-order valence-corrected chi connectivity index (χ1v) is 17.3. The number of allylic oxidation sites excluding steroid dienone is 1. The summed E-state index contributed by atoms with van der Waals surface area (Å²) in [5.41, 5.74) is 5.86. The van der Waals surface area contributed by atoms with Crippen LogP contribution >= 0.6 is 23.2 Å². The Morgan fingerprint density at radius 2 is 1.80 bits per heavy atom. The molecule has 0 aliphatic carbocycles. The molecule has 3 aromatic carbocycles. The van der Waals surface area contributed by atoms with Crippen LogP contribution in [0, 0.1) is 0 Å². The van der Waals surface area contributed by atoms with E-state index in [1.165, 1.54) is 0 Å². The van der Waals surface area contributed by atoms with Crippen molar-refractivity contribution in [1.82, 2.24) is 19.8 Å². The number of pyridine rings is 1. The van der Waals surface area contributed by atoms with E-state index < -0.39 is 5.91 Å². The number of fused-ring (bicyclic) bond motifs is 1. The van der Waals surface area contributed by atoms with Crippen molar-refractivity contribution in [2.45, 2.75) is 45.7 Å². The molecule has 2 amide bonds. The minimum absolute atomic E-state index is 0.0192. The molecule has 0 saturated carbocycles. The number of hydrogen-bond acceptors (Lipinski definition) is 5. The van der Waals surface area contributed by atoms with Gasteiger partial charge in [-0.2, -0.15) is 0 Å². The maximum Gasteiger partial charge on any atom is 0.272 e. The second-order valence-electron chi connectivity index (χ2n) is 12.4. The average Bonchev–Trinajstić information content (AvgIpc) is 3.75. The van der Waals surface area contributed by atoms with E-state index in [-0.39, 0.29) is 30.5 Å². The molecule has 0 radical (unpaired) electrons. The first-order valence-electron chi connectivity index (χ1n) is 16.6. The SMILES string of the molecule is C=CN(/C(=C(\C)c1ccccc1)c1c(C(=O)Nc2cccnc2OCC2CCCN2C(C)=O)[nH]c2cc(Cl)ccc12)C(C)c1ccc(Cl)cc1. The second-order valence-corrected chi connectivity index (χ2v) is 13.2. The van der Waals surface area contributed by atoms with Gasteiger partial charge in [-0.3, -0.25) is 9.59 Å². The number of rotatable bonds is 11. The molecule has 2 unspecified atom stereocenters. The lowest BCUT2D eigenvalue weighted by atomic mass is 9.95. The zero-order valence-corrected chi connectivity index (χ0v) is 29.8. The number of H-pyrrole nitrogens is 1. The number of aromatic amines is 1. The van der Waals surface area contributed by atoms with Crippen LogP contribution in [0.25, 0.3) is 22.2 Å². The second kappa shape index (κ2) is 15.2. The van der Waals surface area contributed by atoms with E-state index >= 15 is 0 Å². The average molecular weight is 709 g/mol. The third-order valence-corrected chi connectivity index (χ3v) is 9.71. The summed E-state index contributed by atoms with van der Waals surface area (Å²) in [4.78, 5) is 38.3. The molecule has 2 atom stereocenters. The summed E-state index contributed by atoms with van der Waals surface area (Å²) >= 11 is 12.7. The quantitative estimate of drug-likeness (QED) is 0.143. The van der Waals surface area contributed by atoms with E-state index in [2.05, 4.69) is 33.7 Å². The number of carbonyl (C=O) groups is 2. The fourth-order valence-electron chi connectivity index (χ4n) is 6.65. The lowest BCUT2D eigenvalue weighted by molar-refractivity contribution is -0.130. The van der Waals surface area contributed by atoms with E-state index in [4.69, 9.17) is 27.9 Å². The predicted octanol–water partition coefficient (Wildman–Crippen LogP) is 9.61. The van der Waals surface area contributed by atoms with Gasteiger partial charge in [0.2, 0.25) is 11.8 Å². The number of aromatic nitrogens is 2. The summed E-state index contributed by atoms with van der Waals surface area (Å²) in [5, 5.41) is 5.05. The van der Waals surface area contributed by atoms with E-state index in [1.54, 1.807) is 31.5 Å². The monoisotopic (exact) mass is 707 g/mol. The maximum atomic E-state index is 14.5. The van der Waals surface area contributed by atoms with Crippen LogP contribution in [-0.4, -0.2) is 50.8 Å². The number of carbonyl (C=O) groups excluding carboxylic acids is 2. The highest BCUT2D eigenvalue weighted by atomic mass is 35.5. The lowest BCUT2D eigenvalue weighted by Gasteiger charge is -2.32. The first-order chi connectivity index (χ1) is 24.2. The normalized spacial score (nSPS) is 15.4. The van der Waals surface area contributed by atoms with Gasteiger partial charge in [0.1, 0.15) is 18.0 Å². The number of ether oxygens (including phenoxy) is 1. The third-order valence-electron chi connectivity index (χ3n) is 9.22. The van der Waals surface area contributed by atoms with Gasteiger partial charge < -0.3 is 24.8 Å². The largest absolute Gasteiger partial charge is 0.474 e. The van der Waals surface area contributed by atoms with Crippen molar-refractivity contribution in [1.29, 1.82) is 0 Å². The highest BCUT2D eigenvalue weighted by Gasteiger charge is 2.30. The zero-order valence-electron chi connectivity index (χ0n) is 28.3. The molecule has 0 spiro atoms. The number of nitrogens with one attached hydrogen (secondary N) is 2. The zero-order chi connectivity index (χ0) is 35.4. The molecule has 256 valence electrons. The van der Waals surface area contributed by atoms with Crippen LogP contribution in [0.2, 0.25) is 10.0 Å². The van der Waals surface area contributed by atoms with Crippen molar-refractivity contribution >= 4 is 62.9 Å². The first kappa shape index (κ1) is 34.8. The van der Waals surface area contributed by atoms with Crippen molar-refractivity contribution in [3.8, 4) is 5.88 Å². The Labute approximate surface area is 302 Å². The Morgan fingerprint density at radius 3 is 2.52 bits per heavy atom. The molecule has 6 rings (SSSR count). The van der Waals surface area contributed by atoms with Crippen LogP contribution in [0.4, 0.5) is 5.69 Å². The molecule has 2 N–H and O–H groups in total. The number of likely N-dealkylation sites (tertiary alicyclic amines) is 1. The summed E-state index contributed by atoms with van der Waals surface area (Å²) < 4.78 is 6.14. The molecule has 0 bridgehead atoms. The molecule has 1 aliphatic rings. The van der Waals surface area contributed by atoms with E-state index in [0.717, 1.165) is 40.6 Å². The molecule has 10 heteroatoms. The van der Waals surface area contributed by atoms with Crippen molar-refractivity contribution in [2.24, 2.45) is 0 Å². The molecule has 1 fully saturated rings. The fourth-order valence-corrected chi connectivity index (χ4v) is 6.95. The third kappa shape index (κ3) is 7.27. The number of hydrogen-bond donors (Lipinski definition) is 2. The molecule has 3 heterocycles. The van der Waals surface area contributed by atoms with Crippen molar-refractivity contribution in [3.63, 3.8) is 0 Å². The van der Waals surface area contributed by atoms with Crippen LogP contribution in [0.5, 0.6) is 5.88 Å². The highest BCUT2D eigenvalue weighted by molar-refractivity contribution is 6.31. The summed E-state index contributed by atoms with van der Waals surface area (Å²) in [5.74, 6) is -0.0964. The Hall–Kier alpha value is -5.05. The smallest absolute Gasteiger partial charge is 0.272 e. The van der Waals surface area contributed by atoms with E-state index in [0.29, 0.717) is 39.1 Å². The van der Waals surface area contributed by atoms with Crippen LogP contribution in [0.1, 0.15) is 66.8 Å². The summed E-state index contributed by atoms with van der Waals surface area (Å²) in [6, 6.07) is 26.6. The number of anilines is 1. The minimum Gasteiger partial charge on any atom is -0.474 e. The minimum atomic E-state index is -0.391. The van der Waals surface area contributed by atoms with Gasteiger partial charge in [0.25, 0.3) is 5.91 Å². The molecule has 2 aromatic heterocycles. The van der Waals surface area contributed by atoms with Crippen LogP contribution in [0.15, 0.2) is 104 Å². The highest BCUT2D eigenvalue weighted by Crippen LogP contribution is 2.41. The fraction of sp³-hybridized carbons (Fsp3) is 0.225. The van der Waals surface area contributed by atoms with Gasteiger partial charge in [0.05, 0.1) is 17.8 Å². The Balaban J connectivity index is 1.45. The Morgan fingerprint density at radius 1 is 1.06 bits per heavy atom. The predicted molar refractivity (Wildman–Crippen MR) is 202 cm³/mol. The molecule has 8 nitrogen and oxygen atoms in total. The Bertz CT molecular complexity index is 2060. The topological polar surface area (TPSA) is 90.6 Å². The van der Waals surface area contributed by atoms with Crippen molar-refractivity contribution < 1.29 is 14.3 Å². The number of benzene rings is 3. The standard InChI is InChI=1S/C40H39Cl2N5O3/c1-5-46(26(3)29-15-17-30(41)18-16-29)38(25(2)28-11-7-6-8-12-28)36-33-20-19-31(42)23-35(33)44-37(36)39(49)45-34-14-9-21-43-40(34)50-24-32-13-10-22-47(32)27(4)48/h5-9,11-12,14-21,23,26,32,44H,1,10,13,22,24H2,2-4H3,(H,45,49)/b38-25+. The van der Waals surface area contributed by atoms with Gasteiger partial charge >= 0.3 is 0 Å². The Kier molecular flexibility index (Phi) is 10.6. The van der Waals surface area contributed by atoms with Crippen molar-refractivity contribution in [2.75, 3.05) is 18.5 Å². The van der Waals surface area contributed by atoms with E-state index in [9.17, 15) is 9.59 Å². The molecule has 1 aliphatic heterocycles. The molecular weight excluding hydrogens is 669 g/mol. The van der Waals surface area contributed by atoms with E-state index in [1.807, 2.05) is 84.6 Å². The van der Waals surface area contributed by atoms with Gasteiger partial charge in [-0.15, -0.1) is 0 Å². The summed E-state index contributed by atoms with van der Waals surface area (Å²) in [6.45, 7) is 10.9. The summed E-state index contributed by atoms with van der Waals surface area (Å²) in [6.07, 6.45) is 5.17. The summed E-state index contributed by atoms with van der Waals surface area (Å²) in [7, 11) is 0.